The van der Waals surface area contributed by atoms with Gasteiger partial charge in [-0.15, -0.1) is 0 Å². The Labute approximate surface area is 440 Å². The summed E-state index contributed by atoms with van der Waals surface area (Å²) in [6.07, 6.45) is -1.08. The van der Waals surface area contributed by atoms with E-state index in [0.717, 1.165) is 25.1 Å². The first kappa shape index (κ1) is 60.6. The number of aromatic nitrogens is 1. The number of guanidine groups is 2. The highest BCUT2D eigenvalue weighted by Crippen LogP contribution is 2.20. The molecule has 2 aromatic carbocycles. The number of fused-ring (bicyclic) bond motifs is 1. The lowest BCUT2D eigenvalue weighted by molar-refractivity contribution is -0.136. The SMILES string of the molecule is CC(=O)N[C@@H](CCCNC(=N)N)C(=O)N[C@H]1CCCNC(=O)CCC(C(N)=O)NC(=O)[C@H](Cc2c[nH]c3ccccc23)NC(=O)[C@H](CCCNC(=N)N)NC(=O)[C@@H](Cc2ccc(F)c(F)c2)NC(=O)[C@H](CC(N)=O)NC1=O. The third kappa shape index (κ3) is 20.4. The van der Waals surface area contributed by atoms with Crippen molar-refractivity contribution in [3.8, 4) is 0 Å². The van der Waals surface area contributed by atoms with Gasteiger partial charge in [-0.1, -0.05) is 24.3 Å². The maximum absolute atomic E-state index is 14.6. The van der Waals surface area contributed by atoms with Crippen LogP contribution in [-0.4, -0.2) is 138 Å². The molecule has 21 N–H and O–H groups in total. The van der Waals surface area contributed by atoms with Crippen molar-refractivity contribution in [1.82, 2.24) is 58.2 Å². The molecule has 0 spiro atoms. The van der Waals surface area contributed by atoms with Gasteiger partial charge >= 0.3 is 0 Å². The predicted octanol–water partition coefficient (Wildman–Crippen LogP) is -3.78. The van der Waals surface area contributed by atoms with Gasteiger partial charge in [-0.3, -0.25) is 58.8 Å². The van der Waals surface area contributed by atoms with E-state index < -0.39 is 132 Å². The molecule has 77 heavy (non-hydrogen) atoms. The lowest BCUT2D eigenvalue weighted by Crippen LogP contribution is -2.61. The number of hydrogen-bond acceptors (Lipinski definition) is 12. The number of carbonyl (C=O) groups excluding carboxylic acids is 10. The second kappa shape index (κ2) is 29.8. The highest BCUT2D eigenvalue weighted by Gasteiger charge is 2.35. The Hall–Kier alpha value is -8.92. The second-order valence-electron chi connectivity index (χ2n) is 18.2. The zero-order valence-electron chi connectivity index (χ0n) is 42.2. The van der Waals surface area contributed by atoms with E-state index in [-0.39, 0.29) is 88.9 Å². The van der Waals surface area contributed by atoms with Crippen molar-refractivity contribution >= 4 is 81.9 Å². The topological polar surface area (TPSA) is 459 Å². The summed E-state index contributed by atoms with van der Waals surface area (Å²) < 4.78 is 28.8. The van der Waals surface area contributed by atoms with Crippen LogP contribution >= 0.6 is 0 Å². The number of halogens is 2. The van der Waals surface area contributed by atoms with Crippen LogP contribution in [0.5, 0.6) is 0 Å². The van der Waals surface area contributed by atoms with Crippen LogP contribution in [0.2, 0.25) is 0 Å². The molecule has 1 saturated heterocycles. The summed E-state index contributed by atoms with van der Waals surface area (Å²) in [5.74, 6) is -12.9. The molecule has 27 nitrogen and oxygen atoms in total. The van der Waals surface area contributed by atoms with Gasteiger partial charge in [-0.25, -0.2) is 8.78 Å². The molecule has 1 aliphatic rings. The molecule has 418 valence electrons. The van der Waals surface area contributed by atoms with Gasteiger partial charge in [-0.2, -0.15) is 0 Å². The molecule has 4 rings (SSSR count). The number of benzene rings is 2. The molecule has 10 amide bonds. The Morgan fingerprint density at radius 3 is 1.99 bits per heavy atom. The van der Waals surface area contributed by atoms with E-state index in [2.05, 4.69) is 58.2 Å². The minimum atomic E-state index is -1.89. The molecule has 1 fully saturated rings. The van der Waals surface area contributed by atoms with Crippen LogP contribution in [0.4, 0.5) is 8.78 Å². The molecule has 1 aromatic heterocycles. The van der Waals surface area contributed by atoms with Gasteiger partial charge in [0.05, 0.1) is 6.42 Å². The predicted molar refractivity (Wildman–Crippen MR) is 274 cm³/mol. The van der Waals surface area contributed by atoms with Crippen molar-refractivity contribution < 1.29 is 56.7 Å². The molecule has 0 bridgehead atoms. The quantitative estimate of drug-likeness (QED) is 0.0331. The van der Waals surface area contributed by atoms with Gasteiger partial charge in [0.1, 0.15) is 42.3 Å². The normalized spacial score (nSPS) is 20.8. The number of nitrogens with one attached hydrogen (secondary N) is 13. The number of carbonyl (C=O) groups is 10. The summed E-state index contributed by atoms with van der Waals surface area (Å²) in [7, 11) is 0. The third-order valence-electron chi connectivity index (χ3n) is 12.1. The molecule has 1 unspecified atom stereocenters. The van der Waals surface area contributed by atoms with Gasteiger partial charge < -0.3 is 81.1 Å². The molecule has 2 heterocycles. The third-order valence-corrected chi connectivity index (χ3v) is 12.1. The number of aromatic amines is 1. The number of H-pyrrole nitrogens is 1. The Kier molecular flexibility index (Phi) is 23.5. The monoisotopic (exact) mass is 1080 g/mol. The van der Waals surface area contributed by atoms with E-state index in [1.807, 2.05) is 0 Å². The zero-order chi connectivity index (χ0) is 56.8. The molecule has 3 aromatic rings. The summed E-state index contributed by atoms with van der Waals surface area (Å²) in [5, 5.41) is 40.8. The van der Waals surface area contributed by atoms with Crippen molar-refractivity contribution in [2.45, 2.75) is 120 Å². The van der Waals surface area contributed by atoms with E-state index in [9.17, 15) is 56.7 Å². The maximum Gasteiger partial charge on any atom is 0.243 e. The number of primary amides is 2. The standard InChI is InChI=1S/C48H67F2N17O10/c1-24(68)61-32(9-5-17-58-47(53)54)41(72)63-33-10-4-16-57-39(70)15-14-31(40(52)71)62-45(76)36(21-26-23-60-30-8-3-2-7-27(26)30)66-42(73)34(11-6-18-59-48(55)56)64-44(75)35(20-25-12-13-28(49)29(50)19-25)65-46(77)37(22-38(51)69)67-43(33)74/h2-3,7-8,12-13,19,23,31-37,60H,4-6,9-11,14-18,20-22H2,1H3,(H2,51,69)(H2,52,71)(H,57,70)(H,61,68)(H,62,76)(H,63,72)(H,64,75)(H,65,77)(H,66,73)(H,67,74)(H4,53,54,58)(H4,55,56,59)/t31?,32-,33-,34-,35+,36-,37-/m0/s1. The number of amides is 10. The van der Waals surface area contributed by atoms with Crippen LogP contribution in [-0.2, 0) is 60.8 Å². The van der Waals surface area contributed by atoms with E-state index in [4.69, 9.17) is 33.8 Å². The molecule has 0 aliphatic carbocycles. The van der Waals surface area contributed by atoms with Crippen molar-refractivity contribution in [2.75, 3.05) is 19.6 Å². The number of rotatable bonds is 18. The van der Waals surface area contributed by atoms with Crippen molar-refractivity contribution in [3.63, 3.8) is 0 Å². The van der Waals surface area contributed by atoms with Crippen LogP contribution in [0, 0.1) is 22.5 Å². The number of hydrogen-bond donors (Lipinski definition) is 17. The molecule has 0 saturated carbocycles. The Morgan fingerprint density at radius 1 is 0.727 bits per heavy atom. The molecular weight excluding hydrogens is 1010 g/mol. The smallest absolute Gasteiger partial charge is 0.243 e. The van der Waals surface area contributed by atoms with Gasteiger partial charge in [0, 0.05) is 62.9 Å². The van der Waals surface area contributed by atoms with Gasteiger partial charge in [-0.05, 0) is 74.3 Å². The molecule has 1 aliphatic heterocycles. The van der Waals surface area contributed by atoms with Gasteiger partial charge in [0.25, 0.3) is 0 Å². The molecule has 0 radical (unpaired) electrons. The lowest BCUT2D eigenvalue weighted by Gasteiger charge is -2.28. The maximum atomic E-state index is 14.6. The molecule has 7 atom stereocenters. The fraction of sp³-hybridized carbons (Fsp3) is 0.458. The van der Waals surface area contributed by atoms with E-state index in [0.29, 0.717) is 16.5 Å². The fourth-order valence-electron chi connectivity index (χ4n) is 8.18. The summed E-state index contributed by atoms with van der Waals surface area (Å²) in [4.78, 5) is 139. The second-order valence-corrected chi connectivity index (χ2v) is 18.2. The number of nitrogens with two attached hydrogens (primary N) is 4. The Balaban J connectivity index is 1.80. The number of para-hydroxylation sites is 1. The first-order chi connectivity index (χ1) is 36.5. The van der Waals surface area contributed by atoms with Gasteiger partial charge in [0.2, 0.25) is 59.1 Å². The Bertz CT molecular complexity index is 2670. The van der Waals surface area contributed by atoms with Crippen molar-refractivity contribution in [2.24, 2.45) is 22.9 Å². The minimum absolute atomic E-state index is 0.000426. The van der Waals surface area contributed by atoms with E-state index in [1.54, 1.807) is 30.5 Å². The van der Waals surface area contributed by atoms with E-state index >= 15 is 0 Å². The first-order valence-corrected chi connectivity index (χ1v) is 24.6. The van der Waals surface area contributed by atoms with Crippen molar-refractivity contribution in [1.29, 1.82) is 10.8 Å². The van der Waals surface area contributed by atoms with Crippen LogP contribution in [0.3, 0.4) is 0 Å². The van der Waals surface area contributed by atoms with Crippen LogP contribution in [0.15, 0.2) is 48.7 Å². The summed E-state index contributed by atoms with van der Waals surface area (Å²) >= 11 is 0. The summed E-state index contributed by atoms with van der Waals surface area (Å²) in [5.41, 5.74) is 23.2. The van der Waals surface area contributed by atoms with Crippen LogP contribution in [0.1, 0.15) is 75.8 Å². The van der Waals surface area contributed by atoms with Gasteiger partial charge in [0.15, 0.2) is 23.6 Å². The molecule has 29 heteroatoms. The van der Waals surface area contributed by atoms with Crippen LogP contribution in [0.25, 0.3) is 10.9 Å². The first-order valence-electron chi connectivity index (χ1n) is 24.6. The van der Waals surface area contributed by atoms with Crippen LogP contribution < -0.4 is 76.1 Å². The highest BCUT2D eigenvalue weighted by atomic mass is 19.2. The average Bonchev–Trinajstić information content (AvgIpc) is 3.77. The largest absolute Gasteiger partial charge is 0.370 e. The lowest BCUT2D eigenvalue weighted by atomic mass is 10.0. The average molecular weight is 1080 g/mol. The minimum Gasteiger partial charge on any atom is -0.370 e. The fourth-order valence-corrected chi connectivity index (χ4v) is 8.18. The van der Waals surface area contributed by atoms with E-state index in [1.165, 1.54) is 0 Å². The molecular formula is C48H67F2N17O10. The summed E-state index contributed by atoms with van der Waals surface area (Å²) in [6.45, 7) is 1.13. The highest BCUT2D eigenvalue weighted by molar-refractivity contribution is 5.99. The van der Waals surface area contributed by atoms with Crippen molar-refractivity contribution in [3.05, 3.63) is 71.4 Å². The zero-order valence-corrected chi connectivity index (χ0v) is 42.2. The summed E-state index contributed by atoms with van der Waals surface area (Å²) in [6, 6.07) is -1.35. The Morgan fingerprint density at radius 2 is 1.34 bits per heavy atom.